The van der Waals surface area contributed by atoms with Crippen molar-refractivity contribution in [1.82, 2.24) is 9.80 Å². The topological polar surface area (TPSA) is 96.1 Å². The first-order chi connectivity index (χ1) is 10.5. The summed E-state index contributed by atoms with van der Waals surface area (Å²) in [6.45, 7) is 3.39. The molecule has 22 heavy (non-hydrogen) atoms. The van der Waals surface area contributed by atoms with Gasteiger partial charge in [0.15, 0.2) is 5.60 Å². The van der Waals surface area contributed by atoms with Crippen molar-refractivity contribution < 1.29 is 19.4 Å². The van der Waals surface area contributed by atoms with Gasteiger partial charge in [-0.05, 0) is 38.8 Å². The molecule has 0 aromatic carbocycles. The van der Waals surface area contributed by atoms with Crippen molar-refractivity contribution in [2.75, 3.05) is 46.4 Å². The number of piperidine rings is 2. The van der Waals surface area contributed by atoms with Gasteiger partial charge in [-0.1, -0.05) is 0 Å². The van der Waals surface area contributed by atoms with Crippen LogP contribution in [0.5, 0.6) is 0 Å². The average Bonchev–Trinajstić information content (AvgIpc) is 2.49. The molecule has 126 valence electrons. The Hall–Kier alpha value is -1.18. The number of likely N-dealkylation sites (tertiary alicyclic amines) is 2. The maximum Gasteiger partial charge on any atom is 0.255 e. The lowest BCUT2D eigenvalue weighted by molar-refractivity contribution is -0.160. The fraction of sp³-hybridized carbons (Fsp3) is 0.867. The number of β-amino-alcohol motifs (C(OH)–C–C–N with tert-alkyl or cyclic N) is 1. The van der Waals surface area contributed by atoms with E-state index in [0.717, 1.165) is 6.42 Å². The van der Waals surface area contributed by atoms with Crippen molar-refractivity contribution in [3.8, 4) is 0 Å². The summed E-state index contributed by atoms with van der Waals surface area (Å²) in [6, 6.07) is 0. The van der Waals surface area contributed by atoms with Crippen molar-refractivity contribution in [2.45, 2.75) is 31.3 Å². The molecule has 2 heterocycles. The van der Waals surface area contributed by atoms with Crippen LogP contribution in [-0.4, -0.2) is 78.8 Å². The summed E-state index contributed by atoms with van der Waals surface area (Å²) in [5, 5.41) is 10.8. The molecule has 0 spiro atoms. The number of aliphatic hydroxyl groups is 1. The third-order valence-corrected chi connectivity index (χ3v) is 4.74. The molecule has 0 aromatic rings. The number of primary amides is 1. The molecule has 0 saturated carbocycles. The average molecular weight is 313 g/mol. The third-order valence-electron chi connectivity index (χ3n) is 4.74. The van der Waals surface area contributed by atoms with Gasteiger partial charge < -0.3 is 20.5 Å². The summed E-state index contributed by atoms with van der Waals surface area (Å²) in [7, 11) is 1.60. The number of rotatable bonds is 6. The van der Waals surface area contributed by atoms with Crippen LogP contribution in [0.4, 0.5) is 0 Å². The molecule has 2 saturated heterocycles. The van der Waals surface area contributed by atoms with Crippen molar-refractivity contribution in [3.63, 3.8) is 0 Å². The van der Waals surface area contributed by atoms with Crippen LogP contribution in [0.3, 0.4) is 0 Å². The van der Waals surface area contributed by atoms with Gasteiger partial charge in [0, 0.05) is 32.7 Å². The zero-order valence-electron chi connectivity index (χ0n) is 13.3. The van der Waals surface area contributed by atoms with Gasteiger partial charge in [0.05, 0.1) is 6.61 Å². The van der Waals surface area contributed by atoms with E-state index in [1.807, 2.05) is 0 Å². The predicted molar refractivity (Wildman–Crippen MR) is 81.0 cm³/mol. The monoisotopic (exact) mass is 313 g/mol. The molecule has 2 fully saturated rings. The summed E-state index contributed by atoms with van der Waals surface area (Å²) < 4.78 is 5.02. The fourth-order valence-corrected chi connectivity index (χ4v) is 3.37. The molecule has 7 nitrogen and oxygen atoms in total. The highest BCUT2D eigenvalue weighted by Gasteiger charge is 2.43. The van der Waals surface area contributed by atoms with Crippen LogP contribution in [0, 0.1) is 5.92 Å². The standard InChI is InChI=1S/C15H27N3O4/c1-22-10-9-18-6-2-5-15(21,14(18)20)11-17-7-3-12(4-8-17)13(16)19/h12,21H,2-11H2,1H3,(H2,16,19)/t15-/m1/s1. The van der Waals surface area contributed by atoms with E-state index in [4.69, 9.17) is 10.5 Å². The summed E-state index contributed by atoms with van der Waals surface area (Å²) in [4.78, 5) is 27.5. The lowest BCUT2D eigenvalue weighted by Crippen LogP contribution is -2.59. The molecule has 2 amide bonds. The molecule has 0 radical (unpaired) electrons. The van der Waals surface area contributed by atoms with Crippen LogP contribution >= 0.6 is 0 Å². The normalized spacial score (nSPS) is 28.1. The van der Waals surface area contributed by atoms with Gasteiger partial charge in [-0.15, -0.1) is 0 Å². The molecule has 1 atom stereocenters. The van der Waals surface area contributed by atoms with E-state index in [-0.39, 0.29) is 17.7 Å². The summed E-state index contributed by atoms with van der Waals surface area (Å²) in [5.41, 5.74) is 4.02. The number of amides is 2. The number of ether oxygens (including phenoxy) is 1. The summed E-state index contributed by atoms with van der Waals surface area (Å²) >= 11 is 0. The van der Waals surface area contributed by atoms with E-state index in [1.165, 1.54) is 0 Å². The molecule has 7 heteroatoms. The van der Waals surface area contributed by atoms with Crippen LogP contribution in [-0.2, 0) is 14.3 Å². The first-order valence-corrected chi connectivity index (χ1v) is 7.98. The van der Waals surface area contributed by atoms with E-state index in [2.05, 4.69) is 4.90 Å². The van der Waals surface area contributed by atoms with E-state index in [9.17, 15) is 14.7 Å². The molecule has 0 unspecified atom stereocenters. The SMILES string of the molecule is COCCN1CCC[C@@](O)(CN2CCC(C(N)=O)CC2)C1=O. The Morgan fingerprint density at radius 1 is 1.41 bits per heavy atom. The first kappa shape index (κ1) is 17.2. The zero-order chi connectivity index (χ0) is 16.2. The lowest BCUT2D eigenvalue weighted by Gasteiger charge is -2.42. The second kappa shape index (κ2) is 7.39. The van der Waals surface area contributed by atoms with E-state index >= 15 is 0 Å². The number of carbonyl (C=O) groups is 2. The maximum atomic E-state index is 12.5. The van der Waals surface area contributed by atoms with Crippen molar-refractivity contribution in [2.24, 2.45) is 11.7 Å². The molecule has 2 rings (SSSR count). The third kappa shape index (κ3) is 3.97. The fourth-order valence-electron chi connectivity index (χ4n) is 3.37. The number of carbonyl (C=O) groups excluding carboxylic acids is 2. The minimum Gasteiger partial charge on any atom is -0.383 e. The lowest BCUT2D eigenvalue weighted by atomic mass is 9.89. The van der Waals surface area contributed by atoms with Crippen molar-refractivity contribution in [3.05, 3.63) is 0 Å². The highest BCUT2D eigenvalue weighted by atomic mass is 16.5. The van der Waals surface area contributed by atoms with Crippen LogP contribution < -0.4 is 5.73 Å². The summed E-state index contributed by atoms with van der Waals surface area (Å²) in [5.74, 6) is -0.531. The van der Waals surface area contributed by atoms with Gasteiger partial charge in [0.2, 0.25) is 5.91 Å². The van der Waals surface area contributed by atoms with E-state index in [1.54, 1.807) is 12.0 Å². The van der Waals surface area contributed by atoms with Crippen LogP contribution in [0.15, 0.2) is 0 Å². The molecular formula is C15H27N3O4. The van der Waals surface area contributed by atoms with Gasteiger partial charge in [0.1, 0.15) is 0 Å². The first-order valence-electron chi connectivity index (χ1n) is 7.98. The predicted octanol–water partition coefficient (Wildman–Crippen LogP) is -0.816. The van der Waals surface area contributed by atoms with Gasteiger partial charge in [-0.25, -0.2) is 0 Å². The Balaban J connectivity index is 1.90. The van der Waals surface area contributed by atoms with Gasteiger partial charge in [-0.3, -0.25) is 14.5 Å². The molecule has 2 aliphatic rings. The van der Waals surface area contributed by atoms with Crippen molar-refractivity contribution >= 4 is 11.8 Å². The van der Waals surface area contributed by atoms with Gasteiger partial charge >= 0.3 is 0 Å². The van der Waals surface area contributed by atoms with E-state index < -0.39 is 5.60 Å². The van der Waals surface area contributed by atoms with Crippen molar-refractivity contribution in [1.29, 1.82) is 0 Å². The minimum atomic E-state index is -1.31. The number of methoxy groups -OCH3 is 1. The summed E-state index contributed by atoms with van der Waals surface area (Å²) in [6.07, 6.45) is 2.69. The number of nitrogens with two attached hydrogens (primary N) is 1. The Morgan fingerprint density at radius 3 is 2.68 bits per heavy atom. The van der Waals surface area contributed by atoms with Crippen LogP contribution in [0.2, 0.25) is 0 Å². The second-order valence-electron chi connectivity index (χ2n) is 6.37. The Bertz CT molecular complexity index is 410. The van der Waals surface area contributed by atoms with Gasteiger partial charge in [-0.2, -0.15) is 0 Å². The molecule has 0 aliphatic carbocycles. The second-order valence-corrected chi connectivity index (χ2v) is 6.37. The molecular weight excluding hydrogens is 286 g/mol. The number of nitrogens with zero attached hydrogens (tertiary/aromatic N) is 2. The van der Waals surface area contributed by atoms with E-state index in [0.29, 0.717) is 58.6 Å². The quantitative estimate of drug-likeness (QED) is 0.668. The molecule has 0 bridgehead atoms. The number of hydrogen-bond donors (Lipinski definition) is 2. The molecule has 0 aromatic heterocycles. The van der Waals surface area contributed by atoms with Crippen LogP contribution in [0.1, 0.15) is 25.7 Å². The Kier molecular flexibility index (Phi) is 5.77. The van der Waals surface area contributed by atoms with Gasteiger partial charge in [0.25, 0.3) is 5.91 Å². The highest BCUT2D eigenvalue weighted by molar-refractivity contribution is 5.86. The smallest absolute Gasteiger partial charge is 0.255 e. The molecule has 3 N–H and O–H groups in total. The Labute approximate surface area is 131 Å². The number of hydrogen-bond acceptors (Lipinski definition) is 5. The Morgan fingerprint density at radius 2 is 2.09 bits per heavy atom. The molecule has 2 aliphatic heterocycles. The minimum absolute atomic E-state index is 0.0776. The van der Waals surface area contributed by atoms with Crippen LogP contribution in [0.25, 0.3) is 0 Å². The zero-order valence-corrected chi connectivity index (χ0v) is 13.3. The maximum absolute atomic E-state index is 12.5. The highest BCUT2D eigenvalue weighted by Crippen LogP contribution is 2.26. The largest absolute Gasteiger partial charge is 0.383 e.